The van der Waals surface area contributed by atoms with Crippen LogP contribution < -0.4 is 5.32 Å². The fourth-order valence-corrected chi connectivity index (χ4v) is 3.55. The van der Waals surface area contributed by atoms with Gasteiger partial charge in [-0.05, 0) is 25.9 Å². The Balaban J connectivity index is 1.75. The standard InChI is InChI=1S/C12H19N3OS/c1-3-13-4-2-10(1)15-6-7-16-9-11(15)12-14-5-8-17-12/h5,8,10-11,13H,1-4,6-7,9H2. The highest BCUT2D eigenvalue weighted by Crippen LogP contribution is 2.29. The Labute approximate surface area is 106 Å². The lowest BCUT2D eigenvalue weighted by molar-refractivity contribution is -0.0360. The molecule has 3 rings (SSSR count). The molecule has 1 atom stereocenters. The van der Waals surface area contributed by atoms with E-state index >= 15 is 0 Å². The summed E-state index contributed by atoms with van der Waals surface area (Å²) in [6.07, 6.45) is 4.40. The van der Waals surface area contributed by atoms with Gasteiger partial charge >= 0.3 is 0 Å². The summed E-state index contributed by atoms with van der Waals surface area (Å²) >= 11 is 1.75. The van der Waals surface area contributed by atoms with E-state index < -0.39 is 0 Å². The maximum Gasteiger partial charge on any atom is 0.112 e. The smallest absolute Gasteiger partial charge is 0.112 e. The minimum Gasteiger partial charge on any atom is -0.378 e. The van der Waals surface area contributed by atoms with Crippen LogP contribution in [0, 0.1) is 0 Å². The summed E-state index contributed by atoms with van der Waals surface area (Å²) in [5.41, 5.74) is 0. The van der Waals surface area contributed by atoms with E-state index in [9.17, 15) is 0 Å². The van der Waals surface area contributed by atoms with Crippen molar-refractivity contribution in [2.24, 2.45) is 0 Å². The molecular formula is C12H19N3OS. The van der Waals surface area contributed by atoms with Gasteiger partial charge in [-0.1, -0.05) is 0 Å². The molecular weight excluding hydrogens is 234 g/mol. The number of nitrogens with one attached hydrogen (secondary N) is 1. The first-order chi connectivity index (χ1) is 8.45. The number of rotatable bonds is 2. The molecule has 1 aromatic heterocycles. The van der Waals surface area contributed by atoms with Gasteiger partial charge in [-0.15, -0.1) is 11.3 Å². The van der Waals surface area contributed by atoms with Gasteiger partial charge in [0.05, 0.1) is 19.3 Å². The minimum absolute atomic E-state index is 0.381. The molecule has 5 heteroatoms. The molecule has 1 unspecified atom stereocenters. The molecule has 0 saturated carbocycles. The van der Waals surface area contributed by atoms with Crippen molar-refractivity contribution in [1.82, 2.24) is 15.2 Å². The third kappa shape index (κ3) is 2.52. The second-order valence-corrected chi connectivity index (χ2v) is 5.61. The van der Waals surface area contributed by atoms with Gasteiger partial charge in [0.1, 0.15) is 5.01 Å². The van der Waals surface area contributed by atoms with Crippen molar-refractivity contribution in [3.8, 4) is 0 Å². The van der Waals surface area contributed by atoms with Gasteiger partial charge in [0.25, 0.3) is 0 Å². The Kier molecular flexibility index (Phi) is 3.71. The van der Waals surface area contributed by atoms with Gasteiger partial charge in [0.2, 0.25) is 0 Å². The average Bonchev–Trinajstić information content (AvgIpc) is 2.94. The molecule has 1 aromatic rings. The first-order valence-electron chi connectivity index (χ1n) is 6.39. The van der Waals surface area contributed by atoms with Crippen LogP contribution in [0.1, 0.15) is 23.9 Å². The van der Waals surface area contributed by atoms with E-state index in [0.717, 1.165) is 32.8 Å². The van der Waals surface area contributed by atoms with Gasteiger partial charge in [0.15, 0.2) is 0 Å². The number of thiazole rings is 1. The van der Waals surface area contributed by atoms with Crippen LogP contribution in [-0.2, 0) is 4.74 Å². The first-order valence-corrected chi connectivity index (χ1v) is 7.27. The molecule has 2 saturated heterocycles. The molecule has 0 bridgehead atoms. The summed E-state index contributed by atoms with van der Waals surface area (Å²) in [4.78, 5) is 7.08. The lowest BCUT2D eigenvalue weighted by atomic mass is 10.0. The first kappa shape index (κ1) is 11.6. The third-order valence-electron chi connectivity index (χ3n) is 3.68. The molecule has 4 nitrogen and oxygen atoms in total. The average molecular weight is 253 g/mol. The second-order valence-electron chi connectivity index (χ2n) is 4.68. The molecule has 0 aromatic carbocycles. The Morgan fingerprint density at radius 1 is 1.41 bits per heavy atom. The maximum absolute atomic E-state index is 5.64. The molecule has 2 fully saturated rings. The van der Waals surface area contributed by atoms with Crippen molar-refractivity contribution in [3.05, 3.63) is 16.6 Å². The van der Waals surface area contributed by atoms with Crippen LogP contribution in [-0.4, -0.2) is 48.8 Å². The summed E-state index contributed by atoms with van der Waals surface area (Å²) in [6, 6.07) is 1.08. The zero-order chi connectivity index (χ0) is 11.5. The molecule has 2 aliphatic heterocycles. The van der Waals surface area contributed by atoms with E-state index in [1.165, 1.54) is 17.8 Å². The number of ether oxygens (including phenoxy) is 1. The zero-order valence-corrected chi connectivity index (χ0v) is 10.8. The number of piperidine rings is 1. The van der Waals surface area contributed by atoms with Crippen LogP contribution in [0.4, 0.5) is 0 Å². The van der Waals surface area contributed by atoms with Gasteiger partial charge < -0.3 is 10.1 Å². The van der Waals surface area contributed by atoms with Crippen molar-refractivity contribution >= 4 is 11.3 Å². The maximum atomic E-state index is 5.64. The van der Waals surface area contributed by atoms with E-state index in [-0.39, 0.29) is 0 Å². The largest absolute Gasteiger partial charge is 0.378 e. The van der Waals surface area contributed by atoms with Gasteiger partial charge in [0, 0.05) is 24.2 Å². The molecule has 0 aliphatic carbocycles. The quantitative estimate of drug-likeness (QED) is 0.861. The molecule has 0 spiro atoms. The molecule has 2 aliphatic rings. The highest BCUT2D eigenvalue weighted by Gasteiger charge is 2.32. The molecule has 94 valence electrons. The highest BCUT2D eigenvalue weighted by atomic mass is 32.1. The fourth-order valence-electron chi connectivity index (χ4n) is 2.80. The van der Waals surface area contributed by atoms with E-state index in [1.807, 2.05) is 6.20 Å². The summed E-state index contributed by atoms with van der Waals surface area (Å²) in [7, 11) is 0. The van der Waals surface area contributed by atoms with Gasteiger partial charge in [-0.25, -0.2) is 4.98 Å². The Morgan fingerprint density at radius 2 is 2.29 bits per heavy atom. The third-order valence-corrected chi connectivity index (χ3v) is 4.56. The minimum atomic E-state index is 0.381. The van der Waals surface area contributed by atoms with Crippen LogP contribution in [0.5, 0.6) is 0 Å². The van der Waals surface area contributed by atoms with Crippen LogP contribution in [0.15, 0.2) is 11.6 Å². The predicted molar refractivity (Wildman–Crippen MR) is 68.3 cm³/mol. The summed E-state index contributed by atoms with van der Waals surface area (Å²) < 4.78 is 5.64. The van der Waals surface area contributed by atoms with Crippen LogP contribution >= 0.6 is 11.3 Å². The normalized spacial score (nSPS) is 28.4. The molecule has 1 N–H and O–H groups in total. The topological polar surface area (TPSA) is 37.4 Å². The van der Waals surface area contributed by atoms with Crippen molar-refractivity contribution in [3.63, 3.8) is 0 Å². The Hall–Kier alpha value is -0.490. The van der Waals surface area contributed by atoms with E-state index in [2.05, 4.69) is 20.6 Å². The lowest BCUT2D eigenvalue weighted by Gasteiger charge is -2.41. The lowest BCUT2D eigenvalue weighted by Crippen LogP contribution is -2.49. The number of morpholine rings is 1. The van der Waals surface area contributed by atoms with Crippen molar-refractivity contribution in [1.29, 1.82) is 0 Å². The summed E-state index contributed by atoms with van der Waals surface area (Å²) in [5.74, 6) is 0. The van der Waals surface area contributed by atoms with E-state index in [0.29, 0.717) is 12.1 Å². The highest BCUT2D eigenvalue weighted by molar-refractivity contribution is 7.09. The predicted octanol–water partition coefficient (Wildman–Crippen LogP) is 1.27. The molecule has 0 radical (unpaired) electrons. The van der Waals surface area contributed by atoms with Crippen molar-refractivity contribution in [2.75, 3.05) is 32.8 Å². The van der Waals surface area contributed by atoms with Crippen LogP contribution in [0.2, 0.25) is 0 Å². The molecule has 3 heterocycles. The number of hydrogen-bond donors (Lipinski definition) is 1. The van der Waals surface area contributed by atoms with Crippen LogP contribution in [0.25, 0.3) is 0 Å². The van der Waals surface area contributed by atoms with E-state index in [1.54, 1.807) is 11.3 Å². The van der Waals surface area contributed by atoms with Crippen LogP contribution in [0.3, 0.4) is 0 Å². The number of nitrogens with zero attached hydrogens (tertiary/aromatic N) is 2. The van der Waals surface area contributed by atoms with Crippen molar-refractivity contribution in [2.45, 2.75) is 24.9 Å². The monoisotopic (exact) mass is 253 g/mol. The molecule has 0 amide bonds. The zero-order valence-electron chi connectivity index (χ0n) is 9.97. The fraction of sp³-hybridized carbons (Fsp3) is 0.750. The van der Waals surface area contributed by atoms with Gasteiger partial charge in [-0.2, -0.15) is 0 Å². The number of aromatic nitrogens is 1. The second kappa shape index (κ2) is 5.44. The van der Waals surface area contributed by atoms with Gasteiger partial charge in [-0.3, -0.25) is 4.90 Å². The summed E-state index contributed by atoms with van der Waals surface area (Å²) in [5, 5.41) is 6.70. The van der Waals surface area contributed by atoms with E-state index in [4.69, 9.17) is 4.74 Å². The number of hydrogen-bond acceptors (Lipinski definition) is 5. The van der Waals surface area contributed by atoms with Crippen molar-refractivity contribution < 1.29 is 4.74 Å². The SMILES string of the molecule is c1csc(C2COCCN2C2CCNCC2)n1. The Morgan fingerprint density at radius 3 is 3.06 bits per heavy atom. The molecule has 17 heavy (non-hydrogen) atoms. The Bertz CT molecular complexity index is 338. The summed E-state index contributed by atoms with van der Waals surface area (Å²) in [6.45, 7) is 5.01.